The third kappa shape index (κ3) is 3.88. The van der Waals surface area contributed by atoms with Crippen LogP contribution in [-0.2, 0) is 23.9 Å². The van der Waals surface area contributed by atoms with Crippen LogP contribution in [0.15, 0.2) is 24.3 Å². The SMILES string of the molecule is CCCCN1CC=CC23O[C@@H]4C=CCOC(=O)[C@@H]4[C@H]2C(=O)N(CCCCCCO)[C@@H]3C1=O. The summed E-state index contributed by atoms with van der Waals surface area (Å²) in [5, 5.41) is 9.02. The van der Waals surface area contributed by atoms with Gasteiger partial charge in [-0.3, -0.25) is 14.4 Å². The second-order valence-corrected chi connectivity index (χ2v) is 9.11. The lowest BCUT2D eigenvalue weighted by Crippen LogP contribution is -2.55. The van der Waals surface area contributed by atoms with Crippen LogP contribution in [0.2, 0.25) is 0 Å². The van der Waals surface area contributed by atoms with E-state index in [2.05, 4.69) is 6.92 Å². The molecule has 8 nitrogen and oxygen atoms in total. The fraction of sp³-hybridized carbons (Fsp3) is 0.708. The molecule has 4 heterocycles. The maximum atomic E-state index is 13.8. The van der Waals surface area contributed by atoms with E-state index in [1.165, 1.54) is 0 Å². The molecule has 176 valence electrons. The summed E-state index contributed by atoms with van der Waals surface area (Å²) in [4.78, 5) is 43.8. The molecule has 1 N–H and O–H groups in total. The van der Waals surface area contributed by atoms with Gasteiger partial charge < -0.3 is 24.4 Å². The average molecular weight is 447 g/mol. The highest BCUT2D eigenvalue weighted by molar-refractivity contribution is 5.99. The van der Waals surface area contributed by atoms with E-state index < -0.39 is 35.6 Å². The third-order valence-corrected chi connectivity index (χ3v) is 7.09. The highest BCUT2D eigenvalue weighted by atomic mass is 16.6. The molecule has 1 spiro atoms. The van der Waals surface area contributed by atoms with E-state index in [-0.39, 0.29) is 25.0 Å². The maximum absolute atomic E-state index is 13.8. The van der Waals surface area contributed by atoms with Gasteiger partial charge in [0.05, 0.1) is 12.0 Å². The first-order valence-electron chi connectivity index (χ1n) is 11.9. The van der Waals surface area contributed by atoms with Crippen LogP contribution in [0.25, 0.3) is 0 Å². The minimum absolute atomic E-state index is 0.108. The number of nitrogens with zero attached hydrogens (tertiary/aromatic N) is 2. The van der Waals surface area contributed by atoms with Crippen molar-refractivity contribution in [2.24, 2.45) is 11.8 Å². The first-order chi connectivity index (χ1) is 15.5. The van der Waals surface area contributed by atoms with Gasteiger partial charge in [0.25, 0.3) is 0 Å². The number of carbonyl (C=O) groups is 3. The van der Waals surface area contributed by atoms with Crippen molar-refractivity contribution in [3.05, 3.63) is 24.3 Å². The molecule has 4 rings (SSSR count). The number of esters is 1. The maximum Gasteiger partial charge on any atom is 0.313 e. The van der Waals surface area contributed by atoms with E-state index in [0.29, 0.717) is 19.6 Å². The molecule has 2 amide bonds. The molecular formula is C24H34N2O6. The number of cyclic esters (lactones) is 1. The Labute approximate surface area is 189 Å². The fourth-order valence-electron chi connectivity index (χ4n) is 5.55. The van der Waals surface area contributed by atoms with Crippen LogP contribution in [0.5, 0.6) is 0 Å². The predicted molar refractivity (Wildman–Crippen MR) is 116 cm³/mol. The Morgan fingerprint density at radius 1 is 1.06 bits per heavy atom. The van der Waals surface area contributed by atoms with Crippen molar-refractivity contribution in [2.75, 3.05) is 32.8 Å². The summed E-state index contributed by atoms with van der Waals surface area (Å²) in [6.45, 7) is 3.93. The Hall–Kier alpha value is -2.19. The van der Waals surface area contributed by atoms with Crippen LogP contribution in [0.3, 0.4) is 0 Å². The van der Waals surface area contributed by atoms with Gasteiger partial charge in [0, 0.05) is 26.2 Å². The van der Waals surface area contributed by atoms with Crippen LogP contribution in [-0.4, -0.2) is 83.3 Å². The van der Waals surface area contributed by atoms with Crippen molar-refractivity contribution >= 4 is 17.8 Å². The zero-order valence-electron chi connectivity index (χ0n) is 18.8. The summed E-state index contributed by atoms with van der Waals surface area (Å²) in [5.74, 6) is -2.26. The molecule has 0 aliphatic carbocycles. The van der Waals surface area contributed by atoms with Gasteiger partial charge in [0.2, 0.25) is 11.8 Å². The number of amides is 2. The summed E-state index contributed by atoms with van der Waals surface area (Å²) in [6.07, 6.45) is 11.8. The molecular weight excluding hydrogens is 412 g/mol. The second-order valence-electron chi connectivity index (χ2n) is 9.11. The van der Waals surface area contributed by atoms with Crippen molar-refractivity contribution in [2.45, 2.75) is 63.2 Å². The van der Waals surface area contributed by atoms with Crippen molar-refractivity contribution in [1.82, 2.24) is 9.80 Å². The quantitative estimate of drug-likeness (QED) is 0.327. The number of likely N-dealkylation sites (tertiary alicyclic amines) is 1. The number of ether oxygens (including phenoxy) is 2. The van der Waals surface area contributed by atoms with E-state index >= 15 is 0 Å². The minimum Gasteiger partial charge on any atom is -0.461 e. The number of hydrogen-bond acceptors (Lipinski definition) is 6. The first kappa shape index (κ1) is 23.0. The van der Waals surface area contributed by atoms with Crippen LogP contribution >= 0.6 is 0 Å². The molecule has 8 heteroatoms. The second kappa shape index (κ2) is 9.75. The van der Waals surface area contributed by atoms with Crippen molar-refractivity contribution in [3.8, 4) is 0 Å². The lowest BCUT2D eigenvalue weighted by Gasteiger charge is -2.35. The topological polar surface area (TPSA) is 96.4 Å². The Kier molecular flexibility index (Phi) is 7.00. The Balaban J connectivity index is 1.67. The van der Waals surface area contributed by atoms with Gasteiger partial charge in [-0.05, 0) is 25.3 Å². The lowest BCUT2D eigenvalue weighted by molar-refractivity contribution is -0.153. The Bertz CT molecular complexity index is 795. The highest BCUT2D eigenvalue weighted by Crippen LogP contribution is 2.53. The fourth-order valence-corrected chi connectivity index (χ4v) is 5.55. The third-order valence-electron chi connectivity index (χ3n) is 7.09. The average Bonchev–Trinajstić information content (AvgIpc) is 3.08. The standard InChI is InChI=1S/C24H34N2O6/c1-2-3-12-25-13-9-11-24-19(18-17(32-24)10-8-16-31-23(18)30)21(28)26(20(24)22(25)29)14-6-4-5-7-15-27/h8-11,17-20,27H,2-7,12-16H2,1H3/t17-,18+,19+,20-,24?/m1/s1. The minimum atomic E-state index is -1.16. The molecule has 0 aromatic heterocycles. The molecule has 0 radical (unpaired) electrons. The van der Waals surface area contributed by atoms with Gasteiger partial charge in [-0.2, -0.15) is 0 Å². The number of unbranched alkanes of at least 4 members (excludes halogenated alkanes) is 4. The van der Waals surface area contributed by atoms with Gasteiger partial charge in [0.15, 0.2) is 0 Å². The number of aliphatic hydroxyl groups is 1. The van der Waals surface area contributed by atoms with Gasteiger partial charge in [-0.1, -0.05) is 44.4 Å². The highest BCUT2D eigenvalue weighted by Gasteiger charge is 2.71. The van der Waals surface area contributed by atoms with Gasteiger partial charge in [0.1, 0.15) is 24.2 Å². The summed E-state index contributed by atoms with van der Waals surface area (Å²) < 4.78 is 11.8. The van der Waals surface area contributed by atoms with Crippen molar-refractivity contribution in [3.63, 3.8) is 0 Å². The number of rotatable bonds is 9. The first-order valence-corrected chi connectivity index (χ1v) is 11.9. The number of hydrogen-bond donors (Lipinski definition) is 1. The van der Waals surface area contributed by atoms with Gasteiger partial charge >= 0.3 is 5.97 Å². The summed E-state index contributed by atoms with van der Waals surface area (Å²) >= 11 is 0. The van der Waals surface area contributed by atoms with Gasteiger partial charge in [-0.25, -0.2) is 0 Å². The molecule has 0 aromatic carbocycles. The van der Waals surface area contributed by atoms with Crippen molar-refractivity contribution in [1.29, 1.82) is 0 Å². The number of fused-ring (bicyclic) bond motifs is 2. The normalized spacial score (nSPS) is 33.6. The Morgan fingerprint density at radius 2 is 1.88 bits per heavy atom. The van der Waals surface area contributed by atoms with Crippen LogP contribution in [0.1, 0.15) is 45.4 Å². The molecule has 5 atom stereocenters. The zero-order valence-corrected chi connectivity index (χ0v) is 18.8. The number of carbonyl (C=O) groups excluding carboxylic acids is 3. The zero-order chi connectivity index (χ0) is 22.7. The summed E-state index contributed by atoms with van der Waals surface area (Å²) in [5.41, 5.74) is -1.16. The molecule has 0 bridgehead atoms. The van der Waals surface area contributed by atoms with Crippen LogP contribution < -0.4 is 0 Å². The molecule has 1 unspecified atom stereocenters. The summed E-state index contributed by atoms with van der Waals surface area (Å²) in [7, 11) is 0. The lowest BCUT2D eigenvalue weighted by atomic mass is 9.78. The number of aliphatic hydroxyl groups excluding tert-OH is 1. The monoisotopic (exact) mass is 446 g/mol. The summed E-state index contributed by atoms with van der Waals surface area (Å²) in [6, 6.07) is -0.776. The molecule has 2 saturated heterocycles. The molecule has 4 aliphatic heterocycles. The van der Waals surface area contributed by atoms with E-state index in [9.17, 15) is 14.4 Å². The van der Waals surface area contributed by atoms with E-state index in [0.717, 1.165) is 38.5 Å². The van der Waals surface area contributed by atoms with E-state index in [4.69, 9.17) is 14.6 Å². The predicted octanol–water partition coefficient (Wildman–Crippen LogP) is 1.43. The van der Waals surface area contributed by atoms with Crippen molar-refractivity contribution < 1.29 is 29.0 Å². The molecule has 0 saturated carbocycles. The smallest absolute Gasteiger partial charge is 0.313 e. The van der Waals surface area contributed by atoms with E-state index in [1.807, 2.05) is 12.2 Å². The molecule has 4 aliphatic rings. The molecule has 2 fully saturated rings. The largest absolute Gasteiger partial charge is 0.461 e. The van der Waals surface area contributed by atoms with E-state index in [1.54, 1.807) is 22.0 Å². The van der Waals surface area contributed by atoms with Crippen LogP contribution in [0.4, 0.5) is 0 Å². The van der Waals surface area contributed by atoms with Gasteiger partial charge in [-0.15, -0.1) is 0 Å². The Morgan fingerprint density at radius 3 is 2.66 bits per heavy atom. The molecule has 0 aromatic rings. The molecule has 32 heavy (non-hydrogen) atoms. The van der Waals surface area contributed by atoms with Crippen LogP contribution in [0, 0.1) is 11.8 Å².